The Morgan fingerprint density at radius 2 is 2.33 bits per heavy atom. The van der Waals surface area contributed by atoms with Crippen molar-refractivity contribution in [2.24, 2.45) is 0 Å². The van der Waals surface area contributed by atoms with E-state index in [-0.39, 0.29) is 23.6 Å². The maximum atomic E-state index is 12.9. The third-order valence-corrected chi connectivity index (χ3v) is 2.79. The van der Waals surface area contributed by atoms with Crippen LogP contribution in [0.25, 0.3) is 0 Å². The molecule has 0 bridgehead atoms. The molecule has 0 fully saturated rings. The fourth-order valence-electron chi connectivity index (χ4n) is 1.15. The van der Waals surface area contributed by atoms with Crippen LogP contribution in [0.4, 0.5) is 4.39 Å². The van der Waals surface area contributed by atoms with Gasteiger partial charge in [0.1, 0.15) is 11.7 Å². The van der Waals surface area contributed by atoms with Crippen molar-refractivity contribution in [3.8, 4) is 0 Å². The lowest BCUT2D eigenvalue weighted by Crippen LogP contribution is -2.27. The molecule has 82 valence electrons. The summed E-state index contributed by atoms with van der Waals surface area (Å²) in [6.07, 6.45) is 0. The number of benzene rings is 1. The zero-order valence-corrected chi connectivity index (χ0v) is 10.4. The SMILES string of the molecule is C[C@H](NC(=O)CCl)c1ccc(F)c(Br)c1. The number of hydrogen-bond acceptors (Lipinski definition) is 1. The molecule has 0 spiro atoms. The van der Waals surface area contributed by atoms with Crippen LogP contribution < -0.4 is 5.32 Å². The van der Waals surface area contributed by atoms with E-state index in [0.717, 1.165) is 5.56 Å². The van der Waals surface area contributed by atoms with Gasteiger partial charge in [-0.3, -0.25) is 4.79 Å². The molecule has 1 aromatic rings. The maximum Gasteiger partial charge on any atom is 0.235 e. The van der Waals surface area contributed by atoms with E-state index in [4.69, 9.17) is 11.6 Å². The van der Waals surface area contributed by atoms with Crippen LogP contribution in [0.3, 0.4) is 0 Å². The second-order valence-electron chi connectivity index (χ2n) is 3.10. The van der Waals surface area contributed by atoms with Gasteiger partial charge < -0.3 is 5.32 Å². The summed E-state index contributed by atoms with van der Waals surface area (Å²) >= 11 is 8.44. The van der Waals surface area contributed by atoms with Gasteiger partial charge in [0.2, 0.25) is 5.91 Å². The molecule has 0 aliphatic rings. The van der Waals surface area contributed by atoms with Gasteiger partial charge in [-0.2, -0.15) is 0 Å². The summed E-state index contributed by atoms with van der Waals surface area (Å²) < 4.78 is 13.3. The Balaban J connectivity index is 2.78. The number of carbonyl (C=O) groups excluding carboxylic acids is 1. The highest BCUT2D eigenvalue weighted by molar-refractivity contribution is 9.10. The van der Waals surface area contributed by atoms with E-state index >= 15 is 0 Å². The Hall–Kier alpha value is -0.610. The lowest BCUT2D eigenvalue weighted by molar-refractivity contribution is -0.119. The van der Waals surface area contributed by atoms with Crippen molar-refractivity contribution in [2.45, 2.75) is 13.0 Å². The van der Waals surface area contributed by atoms with E-state index in [1.807, 2.05) is 6.92 Å². The predicted octanol–water partition coefficient (Wildman–Crippen LogP) is 3.00. The molecule has 1 amide bonds. The minimum atomic E-state index is -0.324. The van der Waals surface area contributed by atoms with Crippen LogP contribution in [0.2, 0.25) is 0 Å². The summed E-state index contributed by atoms with van der Waals surface area (Å²) in [5.74, 6) is -0.647. The summed E-state index contributed by atoms with van der Waals surface area (Å²) in [5, 5.41) is 2.68. The van der Waals surface area contributed by atoms with E-state index in [1.54, 1.807) is 12.1 Å². The Labute approximate surface area is 101 Å². The first-order chi connectivity index (χ1) is 7.04. The molecule has 1 N–H and O–H groups in total. The molecule has 0 saturated carbocycles. The molecule has 2 nitrogen and oxygen atoms in total. The zero-order valence-electron chi connectivity index (χ0n) is 8.06. The molecular weight excluding hydrogens is 284 g/mol. The highest BCUT2D eigenvalue weighted by atomic mass is 79.9. The monoisotopic (exact) mass is 293 g/mol. The fourth-order valence-corrected chi connectivity index (χ4v) is 1.62. The number of hydrogen-bond donors (Lipinski definition) is 1. The molecule has 1 rings (SSSR count). The second kappa shape index (κ2) is 5.47. The molecule has 0 radical (unpaired) electrons. The van der Waals surface area contributed by atoms with Crippen molar-refractivity contribution < 1.29 is 9.18 Å². The van der Waals surface area contributed by atoms with Crippen LogP contribution in [-0.4, -0.2) is 11.8 Å². The smallest absolute Gasteiger partial charge is 0.235 e. The molecule has 0 heterocycles. The van der Waals surface area contributed by atoms with Gasteiger partial charge in [-0.05, 0) is 40.5 Å². The van der Waals surface area contributed by atoms with Gasteiger partial charge >= 0.3 is 0 Å². The summed E-state index contributed by atoms with van der Waals surface area (Å²) in [4.78, 5) is 11.0. The first kappa shape index (κ1) is 12.5. The third-order valence-electron chi connectivity index (χ3n) is 1.94. The van der Waals surface area contributed by atoms with E-state index in [0.29, 0.717) is 4.47 Å². The normalized spacial score (nSPS) is 12.3. The Kier molecular flexibility index (Phi) is 4.54. The summed E-state index contributed by atoms with van der Waals surface area (Å²) in [7, 11) is 0. The molecule has 5 heteroatoms. The third kappa shape index (κ3) is 3.47. The molecule has 1 aromatic carbocycles. The topological polar surface area (TPSA) is 29.1 Å². The highest BCUT2D eigenvalue weighted by Crippen LogP contribution is 2.21. The largest absolute Gasteiger partial charge is 0.349 e. The van der Waals surface area contributed by atoms with Crippen LogP contribution in [0, 0.1) is 5.82 Å². The van der Waals surface area contributed by atoms with Crippen LogP contribution in [0.15, 0.2) is 22.7 Å². The van der Waals surface area contributed by atoms with Gasteiger partial charge in [-0.25, -0.2) is 4.39 Å². The van der Waals surface area contributed by atoms with E-state index in [9.17, 15) is 9.18 Å². The van der Waals surface area contributed by atoms with Crippen LogP contribution in [0.5, 0.6) is 0 Å². The molecule has 15 heavy (non-hydrogen) atoms. The minimum absolute atomic E-state index is 0.0767. The molecule has 0 aliphatic heterocycles. The minimum Gasteiger partial charge on any atom is -0.349 e. The molecule has 0 saturated heterocycles. The number of nitrogens with one attached hydrogen (secondary N) is 1. The molecular formula is C10H10BrClFNO. The van der Waals surface area contributed by atoms with Crippen molar-refractivity contribution in [3.63, 3.8) is 0 Å². The van der Waals surface area contributed by atoms with E-state index in [1.165, 1.54) is 6.07 Å². The fraction of sp³-hybridized carbons (Fsp3) is 0.300. The average molecular weight is 295 g/mol. The van der Waals surface area contributed by atoms with Gasteiger partial charge in [0.25, 0.3) is 0 Å². The van der Waals surface area contributed by atoms with E-state index < -0.39 is 0 Å². The summed E-state index contributed by atoms with van der Waals surface area (Å²) in [6.45, 7) is 1.81. The first-order valence-electron chi connectivity index (χ1n) is 4.35. The lowest BCUT2D eigenvalue weighted by atomic mass is 10.1. The van der Waals surface area contributed by atoms with Gasteiger partial charge in [0.15, 0.2) is 0 Å². The predicted molar refractivity (Wildman–Crippen MR) is 61.4 cm³/mol. The molecule has 1 atom stereocenters. The molecule has 0 aliphatic carbocycles. The van der Waals surface area contributed by atoms with Crippen molar-refractivity contribution in [3.05, 3.63) is 34.1 Å². The summed E-state index contributed by atoms with van der Waals surface area (Å²) in [5.41, 5.74) is 0.821. The lowest BCUT2D eigenvalue weighted by Gasteiger charge is -2.13. The molecule has 0 unspecified atom stereocenters. The quantitative estimate of drug-likeness (QED) is 0.853. The van der Waals surface area contributed by atoms with Crippen molar-refractivity contribution in [1.29, 1.82) is 0 Å². The first-order valence-corrected chi connectivity index (χ1v) is 5.67. The van der Waals surface area contributed by atoms with Crippen molar-refractivity contribution in [2.75, 3.05) is 5.88 Å². The average Bonchev–Trinajstić information content (AvgIpc) is 2.21. The van der Waals surface area contributed by atoms with Crippen LogP contribution >= 0.6 is 27.5 Å². The number of halogens is 3. The Bertz CT molecular complexity index is 372. The summed E-state index contributed by atoms with van der Waals surface area (Å²) in [6, 6.07) is 4.42. The van der Waals surface area contributed by atoms with Crippen LogP contribution in [0.1, 0.15) is 18.5 Å². The van der Waals surface area contributed by atoms with Gasteiger partial charge in [0, 0.05) is 0 Å². The Morgan fingerprint density at radius 3 is 2.87 bits per heavy atom. The number of alkyl halides is 1. The van der Waals surface area contributed by atoms with Crippen LogP contribution in [-0.2, 0) is 4.79 Å². The highest BCUT2D eigenvalue weighted by Gasteiger charge is 2.10. The van der Waals surface area contributed by atoms with Crippen molar-refractivity contribution in [1.82, 2.24) is 5.32 Å². The number of carbonyl (C=O) groups is 1. The standard InChI is InChI=1S/C10H10BrClFNO/c1-6(14-10(15)5-12)7-2-3-9(13)8(11)4-7/h2-4,6H,5H2,1H3,(H,14,15)/t6-/m0/s1. The van der Waals surface area contributed by atoms with Gasteiger partial charge in [-0.1, -0.05) is 6.07 Å². The van der Waals surface area contributed by atoms with Crippen molar-refractivity contribution >= 4 is 33.4 Å². The van der Waals surface area contributed by atoms with Gasteiger partial charge in [0.05, 0.1) is 10.5 Å². The Morgan fingerprint density at radius 1 is 1.67 bits per heavy atom. The second-order valence-corrected chi connectivity index (χ2v) is 4.22. The number of rotatable bonds is 3. The van der Waals surface area contributed by atoms with Gasteiger partial charge in [-0.15, -0.1) is 11.6 Å². The molecule has 0 aromatic heterocycles. The van der Waals surface area contributed by atoms with E-state index in [2.05, 4.69) is 21.2 Å². The number of amides is 1. The zero-order chi connectivity index (χ0) is 11.4. The maximum absolute atomic E-state index is 12.9.